The Hall–Kier alpha value is -1.28. The number of rotatable bonds is 9. The number of aliphatic hydroxyl groups excluding tert-OH is 1. The number of carbonyl (C=O) groups excluding carboxylic acids is 3. The minimum absolute atomic E-state index is 0.0377. The smallest absolute Gasteiger partial charge is 0.244 e. The highest BCUT2D eigenvalue weighted by Crippen LogP contribution is 2.68. The Labute approximate surface area is 203 Å². The van der Waals surface area contributed by atoms with Gasteiger partial charge in [0.25, 0.3) is 0 Å². The van der Waals surface area contributed by atoms with E-state index in [1.807, 2.05) is 20.8 Å². The van der Waals surface area contributed by atoms with Crippen molar-refractivity contribution in [3.63, 3.8) is 0 Å². The molecule has 33 heavy (non-hydrogen) atoms. The molecule has 7 nitrogen and oxygen atoms in total. The summed E-state index contributed by atoms with van der Waals surface area (Å²) in [5.74, 6) is -1.03. The molecule has 0 aromatic heterocycles. The Morgan fingerprint density at radius 3 is 2.45 bits per heavy atom. The number of carbonyl (C=O) groups is 3. The standard InChI is InChI=1S/C25H43N3O4S/c1-8-10-26-20(30)17-16-13-15(2)25(33-16)18(17)22(32)28(11-9-12-29)19(25)21(31)27-24(6,7)14-23(3,4)5/h15-19,29H,8-14H2,1-7H3,(H,26,30)(H,27,31)/t15?,16-,17+,18+,19?,25?/m1/s1. The molecular weight excluding hydrogens is 438 g/mol. The molecule has 0 aromatic rings. The predicted molar refractivity (Wildman–Crippen MR) is 132 cm³/mol. The van der Waals surface area contributed by atoms with E-state index in [1.165, 1.54) is 0 Å². The molecule has 3 aliphatic rings. The molecule has 8 heteroatoms. The van der Waals surface area contributed by atoms with E-state index in [0.717, 1.165) is 19.3 Å². The molecule has 3 fully saturated rings. The third-order valence-corrected chi connectivity index (χ3v) is 9.41. The number of aliphatic hydroxyl groups is 1. The molecule has 6 atom stereocenters. The lowest BCUT2D eigenvalue weighted by atomic mass is 9.65. The van der Waals surface area contributed by atoms with Gasteiger partial charge in [-0.15, -0.1) is 11.8 Å². The van der Waals surface area contributed by atoms with Crippen molar-refractivity contribution in [2.45, 2.75) is 95.7 Å². The Balaban J connectivity index is 1.97. The highest BCUT2D eigenvalue weighted by Gasteiger charge is 2.75. The molecule has 3 amide bonds. The van der Waals surface area contributed by atoms with Crippen LogP contribution >= 0.6 is 11.8 Å². The quantitative estimate of drug-likeness (QED) is 0.470. The Bertz CT molecular complexity index is 780. The summed E-state index contributed by atoms with van der Waals surface area (Å²) >= 11 is 1.70. The summed E-state index contributed by atoms with van der Waals surface area (Å²) in [6, 6.07) is -0.630. The summed E-state index contributed by atoms with van der Waals surface area (Å²) < 4.78 is -0.604. The second kappa shape index (κ2) is 9.40. The van der Waals surface area contributed by atoms with Crippen LogP contribution in [0.4, 0.5) is 0 Å². The number of amides is 3. The number of nitrogens with zero attached hydrogens (tertiary/aromatic N) is 1. The van der Waals surface area contributed by atoms with E-state index in [4.69, 9.17) is 0 Å². The maximum absolute atomic E-state index is 13.9. The second-order valence-corrected chi connectivity index (χ2v) is 13.6. The van der Waals surface area contributed by atoms with Crippen LogP contribution in [0.3, 0.4) is 0 Å². The fourth-order valence-corrected chi connectivity index (χ4v) is 9.16. The van der Waals surface area contributed by atoms with Gasteiger partial charge in [-0.25, -0.2) is 0 Å². The first-order chi connectivity index (χ1) is 15.3. The van der Waals surface area contributed by atoms with Crippen molar-refractivity contribution in [3.05, 3.63) is 0 Å². The lowest BCUT2D eigenvalue weighted by molar-refractivity contribution is -0.140. The van der Waals surface area contributed by atoms with Crippen molar-refractivity contribution >= 4 is 29.5 Å². The van der Waals surface area contributed by atoms with Gasteiger partial charge < -0.3 is 20.6 Å². The van der Waals surface area contributed by atoms with Gasteiger partial charge in [0, 0.05) is 30.5 Å². The Morgan fingerprint density at radius 1 is 1.21 bits per heavy atom. The fourth-order valence-electron chi connectivity index (χ4n) is 6.74. The molecule has 3 N–H and O–H groups in total. The molecule has 0 radical (unpaired) electrons. The SMILES string of the molecule is CCCNC(=O)[C@@H]1[C@H]2C(=O)N(CCCO)C(C(=O)NC(C)(C)CC(C)(C)C)C23S[C@@H]1CC3C. The molecular formula is C25H43N3O4S. The average molecular weight is 482 g/mol. The molecule has 3 aliphatic heterocycles. The lowest BCUT2D eigenvalue weighted by Crippen LogP contribution is -2.60. The zero-order valence-electron chi connectivity index (χ0n) is 21.4. The van der Waals surface area contributed by atoms with Crippen LogP contribution in [0.15, 0.2) is 0 Å². The van der Waals surface area contributed by atoms with Crippen molar-refractivity contribution in [1.82, 2.24) is 15.5 Å². The minimum atomic E-state index is -0.630. The first kappa shape index (κ1) is 26.3. The van der Waals surface area contributed by atoms with E-state index in [-0.39, 0.29) is 40.9 Å². The van der Waals surface area contributed by atoms with Crippen LogP contribution in [-0.2, 0) is 14.4 Å². The summed E-state index contributed by atoms with van der Waals surface area (Å²) in [5.41, 5.74) is -0.395. The first-order valence-electron chi connectivity index (χ1n) is 12.5. The summed E-state index contributed by atoms with van der Waals surface area (Å²) in [7, 11) is 0. The third-order valence-electron chi connectivity index (χ3n) is 7.34. The van der Waals surface area contributed by atoms with Crippen molar-refractivity contribution in [1.29, 1.82) is 0 Å². The summed E-state index contributed by atoms with van der Waals surface area (Å²) in [4.78, 5) is 42.5. The van der Waals surface area contributed by atoms with Gasteiger partial charge in [0.2, 0.25) is 17.7 Å². The van der Waals surface area contributed by atoms with Gasteiger partial charge >= 0.3 is 0 Å². The molecule has 3 heterocycles. The van der Waals surface area contributed by atoms with Crippen LogP contribution in [-0.4, -0.2) is 69.0 Å². The molecule has 1 spiro atoms. The van der Waals surface area contributed by atoms with E-state index in [9.17, 15) is 19.5 Å². The van der Waals surface area contributed by atoms with Crippen molar-refractivity contribution in [2.75, 3.05) is 19.7 Å². The van der Waals surface area contributed by atoms with Crippen molar-refractivity contribution < 1.29 is 19.5 Å². The van der Waals surface area contributed by atoms with Gasteiger partial charge in [0.15, 0.2) is 0 Å². The van der Waals surface area contributed by atoms with Crippen LogP contribution in [0.5, 0.6) is 0 Å². The van der Waals surface area contributed by atoms with Gasteiger partial charge in [0.05, 0.1) is 16.6 Å². The van der Waals surface area contributed by atoms with Gasteiger partial charge in [-0.3, -0.25) is 14.4 Å². The van der Waals surface area contributed by atoms with Crippen LogP contribution < -0.4 is 10.6 Å². The highest BCUT2D eigenvalue weighted by atomic mass is 32.2. The second-order valence-electron chi connectivity index (χ2n) is 12.1. The van der Waals surface area contributed by atoms with Crippen LogP contribution in [0.2, 0.25) is 0 Å². The molecule has 0 aromatic carbocycles. The van der Waals surface area contributed by atoms with E-state index in [1.54, 1.807) is 16.7 Å². The van der Waals surface area contributed by atoms with Gasteiger partial charge in [0.1, 0.15) is 6.04 Å². The van der Waals surface area contributed by atoms with Gasteiger partial charge in [-0.05, 0) is 50.9 Å². The van der Waals surface area contributed by atoms with E-state index >= 15 is 0 Å². The third kappa shape index (κ3) is 4.79. The Morgan fingerprint density at radius 2 is 1.88 bits per heavy atom. The molecule has 0 saturated carbocycles. The number of hydrogen-bond acceptors (Lipinski definition) is 5. The van der Waals surface area contributed by atoms with Crippen molar-refractivity contribution in [2.24, 2.45) is 23.2 Å². The molecule has 3 saturated heterocycles. The number of hydrogen-bond donors (Lipinski definition) is 3. The van der Waals surface area contributed by atoms with Crippen LogP contribution in [0, 0.1) is 23.2 Å². The molecule has 0 aliphatic carbocycles. The normalized spacial score (nSPS) is 33.4. The van der Waals surface area contributed by atoms with Crippen molar-refractivity contribution in [3.8, 4) is 0 Å². The molecule has 2 bridgehead atoms. The summed E-state index contributed by atoms with van der Waals surface area (Å²) in [6.45, 7) is 15.5. The minimum Gasteiger partial charge on any atom is -0.396 e. The molecule has 3 unspecified atom stereocenters. The average Bonchev–Trinajstić information content (AvgIpc) is 3.25. The van der Waals surface area contributed by atoms with E-state index in [0.29, 0.717) is 19.5 Å². The molecule has 188 valence electrons. The van der Waals surface area contributed by atoms with Gasteiger partial charge in [-0.1, -0.05) is 34.6 Å². The largest absolute Gasteiger partial charge is 0.396 e. The lowest BCUT2D eigenvalue weighted by Gasteiger charge is -2.41. The van der Waals surface area contributed by atoms with Crippen LogP contribution in [0.1, 0.15) is 74.1 Å². The van der Waals surface area contributed by atoms with E-state index < -0.39 is 28.2 Å². The first-order valence-corrected chi connectivity index (χ1v) is 13.4. The molecule has 3 rings (SSSR count). The number of nitrogens with one attached hydrogen (secondary N) is 2. The number of fused-ring (bicyclic) bond motifs is 1. The zero-order chi connectivity index (χ0) is 24.8. The van der Waals surface area contributed by atoms with Gasteiger partial charge in [-0.2, -0.15) is 0 Å². The fraction of sp³-hybridized carbons (Fsp3) is 0.880. The highest BCUT2D eigenvalue weighted by molar-refractivity contribution is 8.02. The Kier molecular flexibility index (Phi) is 7.50. The topological polar surface area (TPSA) is 98.7 Å². The summed E-state index contributed by atoms with van der Waals surface area (Å²) in [5, 5.41) is 15.8. The monoisotopic (exact) mass is 481 g/mol. The number of thioether (sulfide) groups is 1. The summed E-state index contributed by atoms with van der Waals surface area (Å²) in [6.07, 6.45) is 2.89. The maximum atomic E-state index is 13.9. The predicted octanol–water partition coefficient (Wildman–Crippen LogP) is 2.56. The zero-order valence-corrected chi connectivity index (χ0v) is 22.2. The van der Waals surface area contributed by atoms with E-state index in [2.05, 4.69) is 38.3 Å². The van der Waals surface area contributed by atoms with Crippen LogP contribution in [0.25, 0.3) is 0 Å². The number of likely N-dealkylation sites (tertiary alicyclic amines) is 1. The maximum Gasteiger partial charge on any atom is 0.244 e.